The molecular weight excluding hydrogens is 359 g/mol. The number of benzene rings is 2. The first-order valence-electron chi connectivity index (χ1n) is 6.71. The molecule has 4 N–H and O–H groups in total. The zero-order valence-electron chi connectivity index (χ0n) is 12.6. The van der Waals surface area contributed by atoms with Crippen LogP contribution in [0.5, 0.6) is 11.5 Å². The molecule has 0 spiro atoms. The van der Waals surface area contributed by atoms with Crippen LogP contribution in [0.3, 0.4) is 0 Å². The Labute approximate surface area is 150 Å². The van der Waals surface area contributed by atoms with Crippen LogP contribution in [0.15, 0.2) is 36.4 Å². The van der Waals surface area contributed by atoms with E-state index in [0.29, 0.717) is 22.9 Å². The molecule has 2 rings (SSSR count). The Morgan fingerprint density at radius 1 is 0.826 bits per heavy atom. The van der Waals surface area contributed by atoms with Crippen LogP contribution in [0, 0.1) is 0 Å². The maximum Gasteiger partial charge on any atom is 0.201 e. The van der Waals surface area contributed by atoms with Crippen LogP contribution in [-0.2, 0) is 0 Å². The molecule has 0 heterocycles. The second-order valence-corrected chi connectivity index (χ2v) is 7.35. The normalized spacial score (nSPS) is 11.6. The third-order valence-electron chi connectivity index (χ3n) is 3.50. The summed E-state index contributed by atoms with van der Waals surface area (Å²) in [4.78, 5) is 0. The number of halogens is 3. The third kappa shape index (κ3) is 3.89. The molecule has 0 radical (unpaired) electrons. The molecular formula is C16H17Cl3N2O2. The van der Waals surface area contributed by atoms with Gasteiger partial charge in [0.05, 0.1) is 31.5 Å². The number of nitrogens with two attached hydrogens (primary N) is 2. The molecule has 4 nitrogen and oxygen atoms in total. The number of hydrogen-bond acceptors (Lipinski definition) is 4. The molecule has 23 heavy (non-hydrogen) atoms. The number of ether oxygens (including phenoxy) is 2. The van der Waals surface area contributed by atoms with E-state index >= 15 is 0 Å². The fourth-order valence-corrected chi connectivity index (χ4v) is 3.19. The van der Waals surface area contributed by atoms with Crippen LogP contribution in [0.2, 0.25) is 0 Å². The highest BCUT2D eigenvalue weighted by atomic mass is 35.6. The Morgan fingerprint density at radius 2 is 1.22 bits per heavy atom. The van der Waals surface area contributed by atoms with Gasteiger partial charge in [-0.05, 0) is 35.4 Å². The minimum absolute atomic E-state index is 0.464. The average Bonchev–Trinajstić information content (AvgIpc) is 2.46. The van der Waals surface area contributed by atoms with Gasteiger partial charge in [-0.25, -0.2) is 0 Å². The lowest BCUT2D eigenvalue weighted by Gasteiger charge is -2.26. The summed E-state index contributed by atoms with van der Waals surface area (Å²) < 4.78 is 8.74. The molecule has 0 saturated heterocycles. The van der Waals surface area contributed by atoms with Crippen LogP contribution in [0.4, 0.5) is 11.4 Å². The van der Waals surface area contributed by atoms with Crippen molar-refractivity contribution < 1.29 is 9.47 Å². The molecule has 0 fully saturated rings. The smallest absolute Gasteiger partial charge is 0.201 e. The molecule has 0 unspecified atom stereocenters. The van der Waals surface area contributed by atoms with Crippen molar-refractivity contribution in [2.24, 2.45) is 0 Å². The lowest BCUT2D eigenvalue weighted by molar-refractivity contribution is 0.416. The van der Waals surface area contributed by atoms with Gasteiger partial charge in [-0.2, -0.15) is 0 Å². The van der Waals surface area contributed by atoms with E-state index in [4.69, 9.17) is 55.7 Å². The van der Waals surface area contributed by atoms with E-state index in [1.54, 1.807) is 38.5 Å². The lowest BCUT2D eigenvalue weighted by Crippen LogP contribution is -2.19. The summed E-state index contributed by atoms with van der Waals surface area (Å²) in [5.41, 5.74) is 14.3. The highest BCUT2D eigenvalue weighted by molar-refractivity contribution is 6.68. The van der Waals surface area contributed by atoms with Crippen molar-refractivity contribution in [3.8, 4) is 11.5 Å². The van der Waals surface area contributed by atoms with E-state index in [0.717, 1.165) is 11.1 Å². The van der Waals surface area contributed by atoms with Crippen molar-refractivity contribution in [2.45, 2.75) is 9.71 Å². The van der Waals surface area contributed by atoms with E-state index in [1.165, 1.54) is 0 Å². The molecule has 0 amide bonds. The number of methoxy groups -OCH3 is 2. The minimum atomic E-state index is -1.58. The molecule has 2 aromatic rings. The Balaban J connectivity index is 2.54. The second-order valence-electron chi connectivity index (χ2n) is 4.98. The molecule has 2 aromatic carbocycles. The van der Waals surface area contributed by atoms with Crippen LogP contribution in [-0.4, -0.2) is 18.0 Å². The van der Waals surface area contributed by atoms with Gasteiger partial charge in [0, 0.05) is 0 Å². The SMILES string of the molecule is COc1ccc(C(c2ccc(OC)c(N)c2)C(Cl)(Cl)Cl)cc1N. The van der Waals surface area contributed by atoms with Crippen LogP contribution in [0.1, 0.15) is 17.0 Å². The van der Waals surface area contributed by atoms with Crippen molar-refractivity contribution >= 4 is 46.2 Å². The van der Waals surface area contributed by atoms with E-state index in [1.807, 2.05) is 12.1 Å². The molecule has 0 aliphatic rings. The lowest BCUT2D eigenvalue weighted by atomic mass is 9.91. The summed E-state index contributed by atoms with van der Waals surface area (Å²) in [5.74, 6) is 0.575. The van der Waals surface area contributed by atoms with Gasteiger partial charge in [-0.15, -0.1) is 0 Å². The van der Waals surface area contributed by atoms with E-state index in [2.05, 4.69) is 0 Å². The van der Waals surface area contributed by atoms with Crippen molar-refractivity contribution in [2.75, 3.05) is 25.7 Å². The number of anilines is 2. The second kappa shape index (κ2) is 6.95. The Bertz CT molecular complexity index is 649. The van der Waals surface area contributed by atoms with Gasteiger partial charge < -0.3 is 20.9 Å². The molecule has 0 aromatic heterocycles. The standard InChI is InChI=1S/C16H17Cl3N2O2/c1-22-13-5-3-9(7-11(13)20)15(16(17,18)19)10-4-6-14(23-2)12(21)8-10/h3-8,15H,20-21H2,1-2H3. The van der Waals surface area contributed by atoms with Gasteiger partial charge in [-0.3, -0.25) is 0 Å². The first-order valence-corrected chi connectivity index (χ1v) is 7.85. The van der Waals surface area contributed by atoms with Crippen molar-refractivity contribution in [3.05, 3.63) is 47.5 Å². The first-order chi connectivity index (χ1) is 10.8. The maximum atomic E-state index is 6.21. The summed E-state index contributed by atoms with van der Waals surface area (Å²) in [7, 11) is 3.09. The van der Waals surface area contributed by atoms with Gasteiger partial charge in [0.25, 0.3) is 0 Å². The molecule has 0 bridgehead atoms. The van der Waals surface area contributed by atoms with E-state index < -0.39 is 9.71 Å². The largest absolute Gasteiger partial charge is 0.495 e. The van der Waals surface area contributed by atoms with Crippen LogP contribution >= 0.6 is 34.8 Å². The first kappa shape index (κ1) is 17.9. The zero-order chi connectivity index (χ0) is 17.2. The van der Waals surface area contributed by atoms with Gasteiger partial charge in [0.1, 0.15) is 11.5 Å². The molecule has 124 valence electrons. The Kier molecular flexibility index (Phi) is 5.40. The fraction of sp³-hybridized carbons (Fsp3) is 0.250. The summed E-state index contributed by atoms with van der Waals surface area (Å²) in [6.45, 7) is 0. The minimum Gasteiger partial charge on any atom is -0.495 e. The van der Waals surface area contributed by atoms with Gasteiger partial charge in [0.15, 0.2) is 0 Å². The van der Waals surface area contributed by atoms with Crippen molar-refractivity contribution in [1.82, 2.24) is 0 Å². The average molecular weight is 376 g/mol. The predicted molar refractivity (Wildman–Crippen MR) is 96.9 cm³/mol. The topological polar surface area (TPSA) is 70.5 Å². The zero-order valence-corrected chi connectivity index (χ0v) is 14.9. The quantitative estimate of drug-likeness (QED) is 0.615. The fourth-order valence-electron chi connectivity index (χ4n) is 2.44. The molecule has 0 aliphatic heterocycles. The summed E-state index contributed by atoms with van der Waals surface area (Å²) >= 11 is 18.6. The third-order valence-corrected chi connectivity index (χ3v) is 4.16. The Morgan fingerprint density at radius 3 is 1.48 bits per heavy atom. The van der Waals surface area contributed by atoms with Crippen molar-refractivity contribution in [1.29, 1.82) is 0 Å². The maximum absolute atomic E-state index is 6.21. The van der Waals surface area contributed by atoms with Gasteiger partial charge in [-0.1, -0.05) is 46.9 Å². The predicted octanol–water partition coefficient (Wildman–Crippen LogP) is 4.37. The highest BCUT2D eigenvalue weighted by Crippen LogP contribution is 2.47. The highest BCUT2D eigenvalue weighted by Gasteiger charge is 2.36. The molecule has 7 heteroatoms. The number of nitrogen functional groups attached to an aromatic ring is 2. The summed E-state index contributed by atoms with van der Waals surface area (Å²) in [5, 5.41) is 0. The summed E-state index contributed by atoms with van der Waals surface area (Å²) in [6.07, 6.45) is 0. The van der Waals surface area contributed by atoms with Gasteiger partial charge in [0.2, 0.25) is 3.79 Å². The van der Waals surface area contributed by atoms with E-state index in [9.17, 15) is 0 Å². The summed E-state index contributed by atoms with van der Waals surface area (Å²) in [6, 6.07) is 10.5. The number of alkyl halides is 3. The van der Waals surface area contributed by atoms with E-state index in [-0.39, 0.29) is 0 Å². The van der Waals surface area contributed by atoms with Crippen LogP contribution < -0.4 is 20.9 Å². The van der Waals surface area contributed by atoms with Crippen LogP contribution in [0.25, 0.3) is 0 Å². The monoisotopic (exact) mass is 374 g/mol. The molecule has 0 saturated carbocycles. The molecule has 0 atom stereocenters. The molecule has 0 aliphatic carbocycles. The van der Waals surface area contributed by atoms with Gasteiger partial charge >= 0.3 is 0 Å². The number of rotatable bonds is 4. The Hall–Kier alpha value is -1.49. The number of hydrogen-bond donors (Lipinski definition) is 2. The van der Waals surface area contributed by atoms with Crippen molar-refractivity contribution in [3.63, 3.8) is 0 Å².